The lowest BCUT2D eigenvalue weighted by molar-refractivity contribution is -0.386. The van der Waals surface area contributed by atoms with Gasteiger partial charge in [-0.25, -0.2) is 0 Å². The summed E-state index contributed by atoms with van der Waals surface area (Å²) in [5, 5.41) is 0. The molecule has 1 aromatic rings. The molecule has 0 aromatic heterocycles. The van der Waals surface area contributed by atoms with Crippen molar-refractivity contribution in [2.75, 3.05) is 0 Å². The van der Waals surface area contributed by atoms with E-state index in [4.69, 9.17) is 0 Å². The highest BCUT2D eigenvalue weighted by molar-refractivity contribution is 5.30. The second-order valence-corrected chi connectivity index (χ2v) is 3.91. The Morgan fingerprint density at radius 3 is 1.60 bits per heavy atom. The Morgan fingerprint density at radius 1 is 0.867 bits per heavy atom. The molecule has 0 atom stereocenters. The van der Waals surface area contributed by atoms with E-state index in [1.165, 1.54) is 42.4 Å². The first-order valence-electron chi connectivity index (χ1n) is 5.71. The number of hydrogen-bond donors (Lipinski definition) is 1. The summed E-state index contributed by atoms with van der Waals surface area (Å²) in [6, 6.07) is 6.96. The molecule has 3 N–H and O–H groups in total. The van der Waals surface area contributed by atoms with E-state index in [0.29, 0.717) is 0 Å². The molecular formula is C13H22ClN. The zero-order chi connectivity index (χ0) is 10.4. The maximum absolute atomic E-state index is 3.96. The van der Waals surface area contributed by atoms with E-state index in [-0.39, 0.29) is 12.4 Å². The first-order valence-corrected chi connectivity index (χ1v) is 5.71. The van der Waals surface area contributed by atoms with E-state index in [1.807, 2.05) is 0 Å². The average molecular weight is 228 g/mol. The summed E-state index contributed by atoms with van der Waals surface area (Å²) in [5.74, 6) is 0. The van der Waals surface area contributed by atoms with Gasteiger partial charge >= 0.3 is 0 Å². The predicted octanol–water partition coefficient (Wildman–Crippen LogP) is -0.662. The molecule has 2 heteroatoms. The topological polar surface area (TPSA) is 27.6 Å². The SMILES string of the molecule is CCCc1cc(C[NH3+])cc(CCC)c1.[Cl-]. The van der Waals surface area contributed by atoms with Gasteiger partial charge in [-0.2, -0.15) is 0 Å². The van der Waals surface area contributed by atoms with Crippen molar-refractivity contribution in [3.63, 3.8) is 0 Å². The molecule has 1 aromatic carbocycles. The number of hydrogen-bond acceptors (Lipinski definition) is 0. The Bertz CT molecular complexity index is 260. The highest BCUT2D eigenvalue weighted by atomic mass is 35.5. The van der Waals surface area contributed by atoms with Gasteiger partial charge in [0.15, 0.2) is 0 Å². The Morgan fingerprint density at radius 2 is 1.27 bits per heavy atom. The van der Waals surface area contributed by atoms with Crippen LogP contribution in [0.4, 0.5) is 0 Å². The summed E-state index contributed by atoms with van der Waals surface area (Å²) in [6.45, 7) is 5.38. The first kappa shape index (κ1) is 14.5. The smallest absolute Gasteiger partial charge is 0.0997 e. The first-order chi connectivity index (χ1) is 6.80. The Hall–Kier alpha value is -0.530. The van der Waals surface area contributed by atoms with Crippen molar-refractivity contribution in [1.29, 1.82) is 0 Å². The standard InChI is InChI=1S/C13H21N.ClH/c1-3-5-11-7-12(6-4-2)9-13(8-11)10-14;/h7-9H,3-6,10,14H2,1-2H3;1H. The Balaban J connectivity index is 0.00000196. The summed E-state index contributed by atoms with van der Waals surface area (Å²) in [7, 11) is 0. The van der Waals surface area contributed by atoms with Gasteiger partial charge in [-0.05, 0) is 24.0 Å². The van der Waals surface area contributed by atoms with Crippen LogP contribution in [0.3, 0.4) is 0 Å². The van der Waals surface area contributed by atoms with Crippen LogP contribution >= 0.6 is 0 Å². The molecule has 15 heavy (non-hydrogen) atoms. The third-order valence-electron chi connectivity index (χ3n) is 2.48. The maximum Gasteiger partial charge on any atom is 0.0997 e. The van der Waals surface area contributed by atoms with Crippen molar-refractivity contribution in [3.8, 4) is 0 Å². The highest BCUT2D eigenvalue weighted by Gasteiger charge is 2.00. The fraction of sp³-hybridized carbons (Fsp3) is 0.538. The fourth-order valence-corrected chi connectivity index (χ4v) is 1.85. The zero-order valence-electron chi connectivity index (χ0n) is 9.85. The molecule has 0 saturated carbocycles. The normalized spacial score (nSPS) is 9.80. The molecule has 0 aliphatic carbocycles. The minimum absolute atomic E-state index is 0. The lowest BCUT2D eigenvalue weighted by Gasteiger charge is -2.06. The van der Waals surface area contributed by atoms with Crippen LogP contribution in [0.1, 0.15) is 43.4 Å². The summed E-state index contributed by atoms with van der Waals surface area (Å²) >= 11 is 0. The van der Waals surface area contributed by atoms with Crippen LogP contribution in [0.25, 0.3) is 0 Å². The molecule has 86 valence electrons. The second kappa shape index (κ2) is 7.72. The molecule has 0 bridgehead atoms. The molecule has 0 spiro atoms. The van der Waals surface area contributed by atoms with Crippen molar-refractivity contribution in [2.45, 2.75) is 46.1 Å². The summed E-state index contributed by atoms with van der Waals surface area (Å²) in [4.78, 5) is 0. The van der Waals surface area contributed by atoms with E-state index in [0.717, 1.165) is 6.54 Å². The van der Waals surface area contributed by atoms with Crippen molar-refractivity contribution in [2.24, 2.45) is 0 Å². The van der Waals surface area contributed by atoms with Gasteiger partial charge in [0.05, 0.1) is 6.54 Å². The van der Waals surface area contributed by atoms with Gasteiger partial charge in [0.1, 0.15) is 0 Å². The number of aryl methyl sites for hydroxylation is 2. The molecule has 0 radical (unpaired) electrons. The van der Waals surface area contributed by atoms with Crippen LogP contribution in [-0.4, -0.2) is 0 Å². The molecule has 0 fully saturated rings. The van der Waals surface area contributed by atoms with Crippen LogP contribution in [0.15, 0.2) is 18.2 Å². The van der Waals surface area contributed by atoms with Gasteiger partial charge in [-0.3, -0.25) is 0 Å². The molecule has 0 heterocycles. The lowest BCUT2D eigenvalue weighted by atomic mass is 10.00. The largest absolute Gasteiger partial charge is 1.00 e. The van der Waals surface area contributed by atoms with E-state index in [9.17, 15) is 0 Å². The third-order valence-corrected chi connectivity index (χ3v) is 2.48. The lowest BCUT2D eigenvalue weighted by Crippen LogP contribution is -3.00. The Labute approximate surface area is 99.5 Å². The van der Waals surface area contributed by atoms with Crippen molar-refractivity contribution < 1.29 is 18.1 Å². The monoisotopic (exact) mass is 227 g/mol. The Kier molecular flexibility index (Phi) is 7.45. The second-order valence-electron chi connectivity index (χ2n) is 3.91. The van der Waals surface area contributed by atoms with E-state index in [1.54, 1.807) is 0 Å². The number of rotatable bonds is 5. The van der Waals surface area contributed by atoms with Crippen LogP contribution in [0.2, 0.25) is 0 Å². The molecule has 0 unspecified atom stereocenters. The fourth-order valence-electron chi connectivity index (χ4n) is 1.85. The third kappa shape index (κ3) is 4.67. The number of benzene rings is 1. The van der Waals surface area contributed by atoms with E-state index in [2.05, 4.69) is 37.8 Å². The van der Waals surface area contributed by atoms with Crippen molar-refractivity contribution >= 4 is 0 Å². The van der Waals surface area contributed by atoms with Gasteiger partial charge < -0.3 is 18.1 Å². The molecular weight excluding hydrogens is 206 g/mol. The molecule has 0 saturated heterocycles. The van der Waals surface area contributed by atoms with E-state index >= 15 is 0 Å². The van der Waals surface area contributed by atoms with Gasteiger partial charge in [0.2, 0.25) is 0 Å². The molecule has 0 aliphatic heterocycles. The van der Waals surface area contributed by atoms with Crippen LogP contribution < -0.4 is 18.1 Å². The zero-order valence-corrected chi connectivity index (χ0v) is 10.6. The van der Waals surface area contributed by atoms with Crippen LogP contribution in [0.5, 0.6) is 0 Å². The van der Waals surface area contributed by atoms with Crippen molar-refractivity contribution in [3.05, 3.63) is 34.9 Å². The van der Waals surface area contributed by atoms with Gasteiger partial charge in [-0.15, -0.1) is 0 Å². The highest BCUT2D eigenvalue weighted by Crippen LogP contribution is 2.13. The van der Waals surface area contributed by atoms with E-state index < -0.39 is 0 Å². The van der Waals surface area contributed by atoms with Crippen LogP contribution in [0, 0.1) is 0 Å². The predicted molar refractivity (Wildman–Crippen MR) is 61.0 cm³/mol. The van der Waals surface area contributed by atoms with Gasteiger partial charge in [0.25, 0.3) is 0 Å². The molecule has 1 rings (SSSR count). The maximum atomic E-state index is 3.96. The summed E-state index contributed by atoms with van der Waals surface area (Å²) in [5.41, 5.74) is 8.31. The minimum atomic E-state index is 0. The molecule has 0 amide bonds. The van der Waals surface area contributed by atoms with Crippen molar-refractivity contribution in [1.82, 2.24) is 0 Å². The summed E-state index contributed by atoms with van der Waals surface area (Å²) in [6.07, 6.45) is 4.85. The van der Waals surface area contributed by atoms with Gasteiger partial charge in [0, 0.05) is 5.56 Å². The quantitative estimate of drug-likeness (QED) is 0.692. The summed E-state index contributed by atoms with van der Waals surface area (Å²) < 4.78 is 0. The number of halogens is 1. The average Bonchev–Trinajstić information content (AvgIpc) is 2.18. The molecule has 0 aliphatic rings. The van der Waals surface area contributed by atoms with Crippen LogP contribution in [-0.2, 0) is 19.4 Å². The number of quaternary nitrogens is 1. The molecule has 1 nitrogen and oxygen atoms in total. The van der Waals surface area contributed by atoms with Gasteiger partial charge in [-0.1, -0.05) is 44.9 Å². The minimum Gasteiger partial charge on any atom is -1.00 e.